The number of hydrogen-bond donors (Lipinski definition) is 1. The fraction of sp³-hybridized carbons (Fsp3) is 0. The van der Waals surface area contributed by atoms with E-state index in [1.54, 1.807) is 0 Å². The Labute approximate surface area is 46.4 Å². The zero-order valence-corrected chi connectivity index (χ0v) is 5.85. The van der Waals surface area contributed by atoms with Crippen LogP contribution in [0.15, 0.2) is 0 Å². The summed E-state index contributed by atoms with van der Waals surface area (Å²) in [4.78, 5) is 11.2. The van der Waals surface area contributed by atoms with Crippen LogP contribution in [-0.4, -0.2) is 11.3 Å². The summed E-state index contributed by atoms with van der Waals surface area (Å²) in [5.74, 6) is 0. The minimum Gasteiger partial charge on any atom is -0.659 e. The smallest absolute Gasteiger partial charge is 0.659 e. The molecule has 0 aliphatic carbocycles. The molecule has 0 aromatic carbocycles. The average molecular weight is 142 g/mol. The predicted octanol–water partition coefficient (Wildman–Crippen LogP) is -1.05. The van der Waals surface area contributed by atoms with Gasteiger partial charge in [-0.3, -0.25) is 0 Å². The zero-order valence-electron chi connectivity index (χ0n) is 2.88. The average Bonchev–Trinajstić information content (AvgIpc) is 1.38. The molecule has 5 heteroatoms. The molecule has 0 spiro atoms. The minimum absolute atomic E-state index is 0. The molecule has 0 saturated carbocycles. The van der Waals surface area contributed by atoms with Gasteiger partial charge >= 0.3 is 25.6 Å². The molecule has 0 bridgehead atoms. The minimum atomic E-state index is -1.80. The Bertz CT molecular complexity index is 42.8. The SMILES string of the molecule is O=C(O)O[O-].[Zn+2]. The van der Waals surface area contributed by atoms with Crippen molar-refractivity contribution in [2.45, 2.75) is 0 Å². The Morgan fingerprint density at radius 1 is 1.83 bits per heavy atom. The molecule has 0 aliphatic heterocycles. The molecule has 0 atom stereocenters. The maximum atomic E-state index is 8.83. The standard InChI is InChI=1S/CH2O4.Zn/c2-1(3)5-4;/h4H,(H,2,3);/q;+2/p-1. The first kappa shape index (κ1) is 9.29. The molecule has 0 fully saturated rings. The van der Waals surface area contributed by atoms with Crippen molar-refractivity contribution in [3.8, 4) is 0 Å². The van der Waals surface area contributed by atoms with Gasteiger partial charge in [0.1, 0.15) is 0 Å². The second kappa shape index (κ2) is 4.85. The van der Waals surface area contributed by atoms with Crippen molar-refractivity contribution in [1.29, 1.82) is 0 Å². The summed E-state index contributed by atoms with van der Waals surface area (Å²) >= 11 is 0. The van der Waals surface area contributed by atoms with E-state index in [9.17, 15) is 0 Å². The first-order valence-electron chi connectivity index (χ1n) is 0.799. The van der Waals surface area contributed by atoms with Crippen molar-refractivity contribution in [2.75, 3.05) is 0 Å². The number of hydrogen-bond acceptors (Lipinski definition) is 3. The molecule has 0 radical (unpaired) electrons. The van der Waals surface area contributed by atoms with Crippen molar-refractivity contribution in [3.05, 3.63) is 0 Å². The van der Waals surface area contributed by atoms with Crippen LogP contribution in [0, 0.1) is 0 Å². The molecular formula is CHO4Zn+. The van der Waals surface area contributed by atoms with E-state index in [1.165, 1.54) is 0 Å². The van der Waals surface area contributed by atoms with Gasteiger partial charge in [-0.2, -0.15) is 0 Å². The summed E-state index contributed by atoms with van der Waals surface area (Å²) in [5, 5.41) is 15.7. The van der Waals surface area contributed by atoms with Gasteiger partial charge in [0.05, 0.1) is 0 Å². The molecule has 0 saturated heterocycles. The molecule has 0 heterocycles. The second-order valence-electron chi connectivity index (χ2n) is 0.349. The molecule has 0 unspecified atom stereocenters. The van der Waals surface area contributed by atoms with Crippen molar-refractivity contribution in [2.24, 2.45) is 0 Å². The third-order valence-electron chi connectivity index (χ3n) is 0.0713. The summed E-state index contributed by atoms with van der Waals surface area (Å²) in [5.41, 5.74) is 0. The van der Waals surface area contributed by atoms with E-state index in [0.29, 0.717) is 0 Å². The van der Waals surface area contributed by atoms with E-state index in [4.69, 9.17) is 15.2 Å². The van der Waals surface area contributed by atoms with Crippen molar-refractivity contribution in [1.82, 2.24) is 0 Å². The quantitative estimate of drug-likeness (QED) is 0.266. The Kier molecular flexibility index (Phi) is 7.51. The van der Waals surface area contributed by atoms with Crippen LogP contribution in [0.25, 0.3) is 0 Å². The van der Waals surface area contributed by atoms with E-state index in [1.807, 2.05) is 0 Å². The summed E-state index contributed by atoms with van der Waals surface area (Å²) in [6.07, 6.45) is -1.80. The Hall–Kier alpha value is -0.147. The van der Waals surface area contributed by atoms with Gasteiger partial charge in [0.25, 0.3) is 0 Å². The van der Waals surface area contributed by atoms with Crippen LogP contribution in [0.1, 0.15) is 0 Å². The van der Waals surface area contributed by atoms with E-state index in [0.717, 1.165) is 0 Å². The van der Waals surface area contributed by atoms with Crippen molar-refractivity contribution < 1.29 is 39.5 Å². The molecule has 4 nitrogen and oxygen atoms in total. The van der Waals surface area contributed by atoms with Gasteiger partial charge < -0.3 is 15.3 Å². The number of carbonyl (C=O) groups is 1. The van der Waals surface area contributed by atoms with E-state index >= 15 is 0 Å². The fourth-order valence-corrected chi connectivity index (χ4v) is 0. The van der Waals surface area contributed by atoms with Gasteiger partial charge in [0.2, 0.25) is 0 Å². The third-order valence-corrected chi connectivity index (χ3v) is 0.0713. The molecule has 0 aliphatic rings. The van der Waals surface area contributed by atoms with Gasteiger partial charge in [0.15, 0.2) is 0 Å². The predicted molar refractivity (Wildman–Crippen MR) is 9.11 cm³/mol. The normalized spacial score (nSPS) is 5.50. The Balaban J connectivity index is 0. The van der Waals surface area contributed by atoms with Gasteiger partial charge in [-0.15, -0.1) is 0 Å². The first-order valence-corrected chi connectivity index (χ1v) is 0.799. The molecule has 0 rings (SSSR count). The van der Waals surface area contributed by atoms with Crippen LogP contribution < -0.4 is 5.26 Å². The molecule has 1 N–H and O–H groups in total. The van der Waals surface area contributed by atoms with Gasteiger partial charge in [0, 0.05) is 0 Å². The maximum Gasteiger partial charge on any atom is 2.00 e. The van der Waals surface area contributed by atoms with Crippen LogP contribution in [0.5, 0.6) is 0 Å². The van der Waals surface area contributed by atoms with E-state index in [-0.39, 0.29) is 19.5 Å². The Morgan fingerprint density at radius 2 is 2.00 bits per heavy atom. The molecule has 0 amide bonds. The van der Waals surface area contributed by atoms with E-state index < -0.39 is 6.16 Å². The molecule has 6 heavy (non-hydrogen) atoms. The van der Waals surface area contributed by atoms with Gasteiger partial charge in [-0.05, 0) is 0 Å². The Morgan fingerprint density at radius 3 is 2.00 bits per heavy atom. The largest absolute Gasteiger partial charge is 2.00 e. The molecular weight excluding hydrogens is 141 g/mol. The molecule has 30 valence electrons. The third kappa shape index (κ3) is 9.13. The van der Waals surface area contributed by atoms with Crippen LogP contribution in [0.3, 0.4) is 0 Å². The fourth-order valence-electron chi connectivity index (χ4n) is 0. The summed E-state index contributed by atoms with van der Waals surface area (Å²) in [7, 11) is 0. The van der Waals surface area contributed by atoms with Crippen LogP contribution in [0.2, 0.25) is 0 Å². The number of rotatable bonds is 0. The number of carboxylic acid groups (broad SMARTS) is 1. The van der Waals surface area contributed by atoms with E-state index in [2.05, 4.69) is 4.89 Å². The van der Waals surface area contributed by atoms with Crippen LogP contribution >= 0.6 is 0 Å². The van der Waals surface area contributed by atoms with Gasteiger partial charge in [-0.1, -0.05) is 0 Å². The van der Waals surface area contributed by atoms with Crippen LogP contribution in [0.4, 0.5) is 4.79 Å². The zero-order chi connectivity index (χ0) is 4.28. The second-order valence-corrected chi connectivity index (χ2v) is 0.349. The van der Waals surface area contributed by atoms with Crippen LogP contribution in [-0.2, 0) is 24.4 Å². The molecule has 0 aromatic heterocycles. The van der Waals surface area contributed by atoms with Gasteiger partial charge in [-0.25, -0.2) is 4.79 Å². The summed E-state index contributed by atoms with van der Waals surface area (Å²) in [6, 6.07) is 0. The van der Waals surface area contributed by atoms with Crippen molar-refractivity contribution in [3.63, 3.8) is 0 Å². The molecule has 0 aromatic rings. The summed E-state index contributed by atoms with van der Waals surface area (Å²) in [6.45, 7) is 0. The van der Waals surface area contributed by atoms with Crippen molar-refractivity contribution >= 4 is 6.16 Å². The summed E-state index contributed by atoms with van der Waals surface area (Å²) < 4.78 is 0. The first-order chi connectivity index (χ1) is 2.27. The topological polar surface area (TPSA) is 69.6 Å². The maximum absolute atomic E-state index is 8.83. The monoisotopic (exact) mass is 141 g/mol.